The summed E-state index contributed by atoms with van der Waals surface area (Å²) in [4.78, 5) is 37.1. The summed E-state index contributed by atoms with van der Waals surface area (Å²) in [5.74, 6) is -0.888. The van der Waals surface area contributed by atoms with E-state index in [-0.39, 0.29) is 17.6 Å². The molecule has 2 atom stereocenters. The summed E-state index contributed by atoms with van der Waals surface area (Å²) in [5, 5.41) is 8.17. The van der Waals surface area contributed by atoms with Crippen LogP contribution < -0.4 is 4.90 Å². The number of benzene rings is 1. The normalized spacial score (nSPS) is 21.4. The largest absolute Gasteiger partial charge is 0.456 e. The van der Waals surface area contributed by atoms with Crippen LogP contribution in [0.5, 0.6) is 0 Å². The van der Waals surface area contributed by atoms with Crippen LogP contribution in [0.15, 0.2) is 28.8 Å². The second-order valence-corrected chi connectivity index (χ2v) is 11.7. The highest BCUT2D eigenvalue weighted by Gasteiger charge is 2.33. The van der Waals surface area contributed by atoms with E-state index in [9.17, 15) is 18.6 Å². The van der Waals surface area contributed by atoms with Crippen LogP contribution in [0.1, 0.15) is 42.7 Å². The van der Waals surface area contributed by atoms with Crippen LogP contribution in [-0.4, -0.2) is 67.9 Å². The number of hydrogen-bond donors (Lipinski definition) is 0. The summed E-state index contributed by atoms with van der Waals surface area (Å²) in [7, 11) is -2.74. The maximum absolute atomic E-state index is 13.0. The number of anilines is 1. The number of amides is 2. The fourth-order valence-corrected chi connectivity index (χ4v) is 6.36. The first-order valence-electron chi connectivity index (χ1n) is 12.1. The second-order valence-electron chi connectivity index (χ2n) is 9.24. The number of ether oxygens (including phenoxy) is 2. The van der Waals surface area contributed by atoms with E-state index in [0.29, 0.717) is 19.5 Å². The molecular weight excluding hydrogens is 498 g/mol. The third-order valence-corrected chi connectivity index (χ3v) is 8.38. The lowest BCUT2D eigenvalue weighted by molar-refractivity contribution is -0.145. The minimum atomic E-state index is -2.74. The molecule has 0 saturated carbocycles. The van der Waals surface area contributed by atoms with Gasteiger partial charge in [0.1, 0.15) is 6.10 Å². The van der Waals surface area contributed by atoms with E-state index in [1.165, 1.54) is 6.92 Å². The van der Waals surface area contributed by atoms with Crippen LogP contribution in [0.4, 0.5) is 10.5 Å². The highest BCUT2D eigenvalue weighted by atomic mass is 32.2. The number of aryl methyl sites for hydroxylation is 3. The molecule has 0 radical (unpaired) electrons. The molecule has 4 rings (SSSR count). The number of esters is 1. The van der Waals surface area contributed by atoms with Gasteiger partial charge in [0.15, 0.2) is 6.61 Å². The SMILES string of the molecule is CCc1cn(CC2CN(c3cc(C)c(C4=CCS(=O)(=NC(=O)COC(C)=O)CC4)c(C)c3)C(=O)O2)nn1. The predicted octanol–water partition coefficient (Wildman–Crippen LogP) is 2.83. The molecule has 12 heteroatoms. The monoisotopic (exact) mass is 529 g/mol. The molecule has 2 aromatic rings. The van der Waals surface area contributed by atoms with E-state index in [1.807, 2.05) is 45.2 Å². The van der Waals surface area contributed by atoms with Crippen LogP contribution in [0, 0.1) is 13.8 Å². The molecule has 2 unspecified atom stereocenters. The molecule has 198 valence electrons. The number of carbonyl (C=O) groups excluding carboxylic acids is 3. The molecule has 2 aliphatic rings. The lowest BCUT2D eigenvalue weighted by atomic mass is 9.93. The molecule has 37 heavy (non-hydrogen) atoms. The van der Waals surface area contributed by atoms with E-state index >= 15 is 0 Å². The highest BCUT2D eigenvalue weighted by molar-refractivity contribution is 7.94. The van der Waals surface area contributed by atoms with Crippen molar-refractivity contribution >= 4 is 39.0 Å². The standard InChI is InChI=1S/C25H31N5O6S/c1-5-20-12-29(28-26-20)13-22-14-30(25(33)36-22)21-10-16(2)24(17(3)11-21)19-6-8-37(34,9-7-19)27-23(32)15-35-18(4)31/h6,10-12,22H,5,7-9,13-15H2,1-4H3. The smallest absolute Gasteiger partial charge is 0.414 e. The highest BCUT2D eigenvalue weighted by Crippen LogP contribution is 2.34. The van der Waals surface area contributed by atoms with Crippen LogP contribution in [0.3, 0.4) is 0 Å². The van der Waals surface area contributed by atoms with Gasteiger partial charge in [-0.2, -0.15) is 4.36 Å². The number of allylic oxidation sites excluding steroid dienone is 1. The Kier molecular flexibility index (Phi) is 7.76. The van der Waals surface area contributed by atoms with Crippen molar-refractivity contribution in [1.82, 2.24) is 15.0 Å². The first-order valence-corrected chi connectivity index (χ1v) is 14.0. The summed E-state index contributed by atoms with van der Waals surface area (Å²) in [6.45, 7) is 7.51. The third kappa shape index (κ3) is 6.24. The van der Waals surface area contributed by atoms with E-state index < -0.39 is 34.3 Å². The fourth-order valence-electron chi connectivity index (χ4n) is 4.60. The number of rotatable bonds is 7. The Morgan fingerprint density at radius 1 is 1.27 bits per heavy atom. The third-order valence-electron chi connectivity index (χ3n) is 6.31. The van der Waals surface area contributed by atoms with E-state index in [1.54, 1.807) is 9.58 Å². The summed E-state index contributed by atoms with van der Waals surface area (Å²) in [6.07, 6.45) is 4.28. The van der Waals surface area contributed by atoms with Crippen LogP contribution in [0.2, 0.25) is 0 Å². The molecule has 0 aliphatic carbocycles. The van der Waals surface area contributed by atoms with Gasteiger partial charge in [0.25, 0.3) is 5.91 Å². The Hall–Kier alpha value is -3.54. The molecule has 0 spiro atoms. The lowest BCUT2D eigenvalue weighted by Gasteiger charge is -2.22. The van der Waals surface area contributed by atoms with Crippen molar-refractivity contribution in [3.05, 3.63) is 46.8 Å². The van der Waals surface area contributed by atoms with Crippen molar-refractivity contribution < 1.29 is 28.1 Å². The Morgan fingerprint density at radius 2 is 2.00 bits per heavy atom. The summed E-state index contributed by atoms with van der Waals surface area (Å²) < 4.78 is 28.8. The van der Waals surface area contributed by atoms with Crippen molar-refractivity contribution in [3.8, 4) is 0 Å². The Bertz CT molecular complexity index is 1360. The lowest BCUT2D eigenvalue weighted by Crippen LogP contribution is -2.26. The van der Waals surface area contributed by atoms with Crippen LogP contribution in [-0.2, 0) is 41.8 Å². The minimum absolute atomic E-state index is 0.150. The second kappa shape index (κ2) is 10.8. The van der Waals surface area contributed by atoms with Gasteiger partial charge in [0.2, 0.25) is 0 Å². The Balaban J connectivity index is 1.47. The van der Waals surface area contributed by atoms with Gasteiger partial charge in [0, 0.05) is 24.6 Å². The molecule has 1 aromatic carbocycles. The van der Waals surface area contributed by atoms with Crippen molar-refractivity contribution in [3.63, 3.8) is 0 Å². The van der Waals surface area contributed by atoms with Crippen LogP contribution >= 0.6 is 0 Å². The number of nitrogens with zero attached hydrogens (tertiary/aromatic N) is 5. The minimum Gasteiger partial charge on any atom is -0.456 e. The summed E-state index contributed by atoms with van der Waals surface area (Å²) >= 11 is 0. The number of carbonyl (C=O) groups is 3. The molecule has 1 saturated heterocycles. The van der Waals surface area contributed by atoms with Gasteiger partial charge in [-0.05, 0) is 61.1 Å². The number of cyclic esters (lactones) is 1. The van der Waals surface area contributed by atoms with Gasteiger partial charge in [0.05, 0.1) is 34.3 Å². The first-order chi connectivity index (χ1) is 17.6. The summed E-state index contributed by atoms with van der Waals surface area (Å²) in [5.41, 5.74) is 5.68. The maximum atomic E-state index is 13.0. The zero-order valence-corrected chi connectivity index (χ0v) is 22.2. The molecule has 2 amide bonds. The number of aromatic nitrogens is 3. The average molecular weight is 530 g/mol. The van der Waals surface area contributed by atoms with E-state index in [2.05, 4.69) is 19.4 Å². The van der Waals surface area contributed by atoms with E-state index in [4.69, 9.17) is 4.74 Å². The molecule has 2 aliphatic heterocycles. The molecular formula is C25H31N5O6S. The van der Waals surface area contributed by atoms with Gasteiger partial charge in [-0.3, -0.25) is 14.5 Å². The van der Waals surface area contributed by atoms with Crippen molar-refractivity contribution in [2.24, 2.45) is 4.36 Å². The van der Waals surface area contributed by atoms with Gasteiger partial charge in [-0.15, -0.1) is 5.10 Å². The molecule has 1 fully saturated rings. The van der Waals surface area contributed by atoms with E-state index in [0.717, 1.165) is 40.1 Å². The quantitative estimate of drug-likeness (QED) is 0.500. The zero-order chi connectivity index (χ0) is 26.7. The van der Waals surface area contributed by atoms with Gasteiger partial charge in [-0.1, -0.05) is 18.2 Å². The Labute approximate surface area is 216 Å². The van der Waals surface area contributed by atoms with Crippen molar-refractivity contribution in [1.29, 1.82) is 0 Å². The maximum Gasteiger partial charge on any atom is 0.414 e. The number of hydrogen-bond acceptors (Lipinski definition) is 8. The molecule has 0 bridgehead atoms. The van der Waals surface area contributed by atoms with Gasteiger partial charge in [-0.25, -0.2) is 13.7 Å². The predicted molar refractivity (Wildman–Crippen MR) is 137 cm³/mol. The first kappa shape index (κ1) is 26.5. The topological polar surface area (TPSA) is 133 Å². The fraction of sp³-hybridized carbons (Fsp3) is 0.480. The van der Waals surface area contributed by atoms with Gasteiger partial charge >= 0.3 is 12.1 Å². The summed E-state index contributed by atoms with van der Waals surface area (Å²) in [6, 6.07) is 3.91. The molecule has 11 nitrogen and oxygen atoms in total. The molecule has 0 N–H and O–H groups in total. The molecule has 3 heterocycles. The van der Waals surface area contributed by atoms with Crippen molar-refractivity contribution in [2.45, 2.75) is 53.2 Å². The zero-order valence-electron chi connectivity index (χ0n) is 21.4. The van der Waals surface area contributed by atoms with Crippen LogP contribution in [0.25, 0.3) is 5.57 Å². The average Bonchev–Trinajstić information content (AvgIpc) is 3.44. The van der Waals surface area contributed by atoms with Gasteiger partial charge < -0.3 is 9.47 Å². The molecule has 1 aromatic heterocycles. The van der Waals surface area contributed by atoms with Crippen molar-refractivity contribution in [2.75, 3.05) is 29.6 Å². The Morgan fingerprint density at radius 3 is 2.59 bits per heavy atom.